The van der Waals surface area contributed by atoms with E-state index in [1.54, 1.807) is 36.3 Å². The van der Waals surface area contributed by atoms with Crippen molar-refractivity contribution in [3.8, 4) is 5.75 Å². The van der Waals surface area contributed by atoms with Crippen LogP contribution >= 0.6 is 11.3 Å². The van der Waals surface area contributed by atoms with Crippen LogP contribution in [0.15, 0.2) is 24.3 Å². The Morgan fingerprint density at radius 3 is 2.48 bits per heavy atom. The zero-order valence-electron chi connectivity index (χ0n) is 18.8. The van der Waals surface area contributed by atoms with Gasteiger partial charge in [-0.2, -0.15) is 0 Å². The van der Waals surface area contributed by atoms with Crippen LogP contribution in [0, 0.1) is 5.92 Å². The molecule has 0 aliphatic carbocycles. The number of anilines is 1. The van der Waals surface area contributed by atoms with Gasteiger partial charge in [-0.1, -0.05) is 11.3 Å². The number of carbonyl (C=O) groups is 3. The Balaban J connectivity index is 1.46. The molecule has 1 aliphatic heterocycles. The number of nitrogens with zero attached hydrogens (tertiary/aromatic N) is 3. The Kier molecular flexibility index (Phi) is 9.14. The Morgan fingerprint density at radius 1 is 1.12 bits per heavy atom. The highest BCUT2D eigenvalue weighted by atomic mass is 32.1. The van der Waals surface area contributed by atoms with E-state index < -0.39 is 5.91 Å². The molecule has 2 aromatic rings. The minimum Gasteiger partial charge on any atom is -0.497 e. The maximum atomic E-state index is 12.8. The van der Waals surface area contributed by atoms with E-state index in [9.17, 15) is 14.4 Å². The lowest BCUT2D eigenvalue weighted by molar-refractivity contribution is -0.126. The molecular formula is C22H29N5O5S. The lowest BCUT2D eigenvalue weighted by Gasteiger charge is -2.30. The van der Waals surface area contributed by atoms with Gasteiger partial charge in [0.25, 0.3) is 11.8 Å². The summed E-state index contributed by atoms with van der Waals surface area (Å²) in [6.45, 7) is 4.75. The SMILES string of the molecule is CCOCCCNC(=O)C1CCN(C(=O)c2nnc(C(=O)Nc3ccc(OC)cc3)s2)CC1. The molecule has 178 valence electrons. The Labute approximate surface area is 196 Å². The van der Waals surface area contributed by atoms with Gasteiger partial charge in [0.15, 0.2) is 0 Å². The van der Waals surface area contributed by atoms with Crippen LogP contribution in [0.4, 0.5) is 5.69 Å². The van der Waals surface area contributed by atoms with Crippen LogP contribution in [-0.2, 0) is 9.53 Å². The number of hydrogen-bond acceptors (Lipinski definition) is 8. The second kappa shape index (κ2) is 12.3. The van der Waals surface area contributed by atoms with E-state index in [2.05, 4.69) is 20.8 Å². The van der Waals surface area contributed by atoms with Gasteiger partial charge in [0.05, 0.1) is 7.11 Å². The Bertz CT molecular complexity index is 941. The van der Waals surface area contributed by atoms with Crippen LogP contribution in [0.25, 0.3) is 0 Å². The van der Waals surface area contributed by atoms with Crippen molar-refractivity contribution in [2.24, 2.45) is 5.92 Å². The van der Waals surface area contributed by atoms with Crippen LogP contribution in [0.5, 0.6) is 5.75 Å². The summed E-state index contributed by atoms with van der Waals surface area (Å²) in [5.74, 6) is -0.115. The molecule has 0 saturated carbocycles. The number of nitrogens with one attached hydrogen (secondary N) is 2. The largest absolute Gasteiger partial charge is 0.497 e. The van der Waals surface area contributed by atoms with Gasteiger partial charge in [0, 0.05) is 44.5 Å². The fourth-order valence-electron chi connectivity index (χ4n) is 3.41. The number of benzene rings is 1. The second-order valence-electron chi connectivity index (χ2n) is 7.50. The standard InChI is InChI=1S/C22H29N5O5S/c1-3-32-14-4-11-23-18(28)15-9-12-27(13-10-15)22(30)21-26-25-20(33-21)19(29)24-16-5-7-17(31-2)8-6-16/h5-8,15H,3-4,9-14H2,1-2H3,(H,23,28)(H,24,29). The van der Waals surface area contributed by atoms with Gasteiger partial charge in [-0.3, -0.25) is 14.4 Å². The fraction of sp³-hybridized carbons (Fsp3) is 0.500. The van der Waals surface area contributed by atoms with Crippen LogP contribution in [0.3, 0.4) is 0 Å². The molecule has 10 nitrogen and oxygen atoms in total. The average Bonchev–Trinajstić information content (AvgIpc) is 3.34. The molecule has 11 heteroatoms. The summed E-state index contributed by atoms with van der Waals surface area (Å²) in [6, 6.07) is 6.89. The molecule has 0 radical (unpaired) electrons. The third-order valence-corrected chi connectivity index (χ3v) is 6.18. The minimum atomic E-state index is -0.434. The molecule has 1 fully saturated rings. The molecule has 0 unspecified atom stereocenters. The molecule has 2 N–H and O–H groups in total. The third kappa shape index (κ3) is 6.96. The number of ether oxygens (including phenoxy) is 2. The topological polar surface area (TPSA) is 123 Å². The van der Waals surface area contributed by atoms with E-state index in [1.807, 2.05) is 6.92 Å². The van der Waals surface area contributed by atoms with Crippen LogP contribution < -0.4 is 15.4 Å². The predicted octanol–water partition coefficient (Wildman–Crippen LogP) is 2.19. The first-order chi connectivity index (χ1) is 16.0. The summed E-state index contributed by atoms with van der Waals surface area (Å²) < 4.78 is 10.4. The van der Waals surface area contributed by atoms with Gasteiger partial charge in [-0.25, -0.2) is 0 Å². The maximum absolute atomic E-state index is 12.8. The van der Waals surface area contributed by atoms with E-state index >= 15 is 0 Å². The smallest absolute Gasteiger partial charge is 0.286 e. The van der Waals surface area contributed by atoms with Gasteiger partial charge < -0.3 is 25.0 Å². The van der Waals surface area contributed by atoms with Crippen LogP contribution in [0.1, 0.15) is 45.8 Å². The van der Waals surface area contributed by atoms with Crippen molar-refractivity contribution in [2.75, 3.05) is 45.3 Å². The number of carbonyl (C=O) groups excluding carboxylic acids is 3. The summed E-state index contributed by atoms with van der Waals surface area (Å²) in [7, 11) is 1.57. The van der Waals surface area contributed by atoms with Crippen molar-refractivity contribution >= 4 is 34.7 Å². The predicted molar refractivity (Wildman–Crippen MR) is 124 cm³/mol. The quantitative estimate of drug-likeness (QED) is 0.505. The zero-order valence-corrected chi connectivity index (χ0v) is 19.7. The van der Waals surface area contributed by atoms with Crippen molar-refractivity contribution < 1.29 is 23.9 Å². The molecule has 0 atom stereocenters. The monoisotopic (exact) mass is 475 g/mol. The molecule has 1 aliphatic rings. The van der Waals surface area contributed by atoms with E-state index in [4.69, 9.17) is 9.47 Å². The second-order valence-corrected chi connectivity index (χ2v) is 8.48. The molecule has 2 heterocycles. The number of likely N-dealkylation sites (tertiary alicyclic amines) is 1. The lowest BCUT2D eigenvalue weighted by atomic mass is 9.96. The van der Waals surface area contributed by atoms with Gasteiger partial charge >= 0.3 is 0 Å². The molecule has 1 saturated heterocycles. The average molecular weight is 476 g/mol. The highest BCUT2D eigenvalue weighted by Gasteiger charge is 2.29. The summed E-state index contributed by atoms with van der Waals surface area (Å²) in [5, 5.41) is 13.7. The number of hydrogen-bond donors (Lipinski definition) is 2. The first kappa shape index (κ1) is 24.6. The van der Waals surface area contributed by atoms with E-state index in [-0.39, 0.29) is 27.7 Å². The zero-order chi connectivity index (χ0) is 23.6. The number of aromatic nitrogens is 2. The highest BCUT2D eigenvalue weighted by Crippen LogP contribution is 2.21. The number of methoxy groups -OCH3 is 1. The van der Waals surface area contributed by atoms with Crippen molar-refractivity contribution in [1.29, 1.82) is 0 Å². The van der Waals surface area contributed by atoms with Gasteiger partial charge in [-0.05, 0) is 50.5 Å². The molecule has 3 rings (SSSR count). The van der Waals surface area contributed by atoms with E-state index in [1.165, 1.54) is 0 Å². The summed E-state index contributed by atoms with van der Waals surface area (Å²) in [5.41, 5.74) is 0.585. The number of amides is 3. The summed E-state index contributed by atoms with van der Waals surface area (Å²) in [6.07, 6.45) is 1.96. The molecule has 1 aromatic heterocycles. The van der Waals surface area contributed by atoms with Crippen LogP contribution in [-0.4, -0.2) is 72.8 Å². The highest BCUT2D eigenvalue weighted by molar-refractivity contribution is 7.15. The van der Waals surface area contributed by atoms with Crippen LogP contribution in [0.2, 0.25) is 0 Å². The summed E-state index contributed by atoms with van der Waals surface area (Å²) in [4.78, 5) is 39.2. The molecule has 3 amide bonds. The maximum Gasteiger partial charge on any atom is 0.286 e. The van der Waals surface area contributed by atoms with Gasteiger partial charge in [0.2, 0.25) is 15.9 Å². The van der Waals surface area contributed by atoms with Crippen molar-refractivity contribution in [3.63, 3.8) is 0 Å². The van der Waals surface area contributed by atoms with Gasteiger partial charge in [-0.15, -0.1) is 10.2 Å². The Hall–Kier alpha value is -3.05. The summed E-state index contributed by atoms with van der Waals surface area (Å²) >= 11 is 0.953. The molecule has 33 heavy (non-hydrogen) atoms. The van der Waals surface area contributed by atoms with Crippen molar-refractivity contribution in [1.82, 2.24) is 20.4 Å². The molecular weight excluding hydrogens is 446 g/mol. The molecule has 1 aromatic carbocycles. The first-order valence-corrected chi connectivity index (χ1v) is 11.8. The van der Waals surface area contributed by atoms with Gasteiger partial charge in [0.1, 0.15) is 5.75 Å². The normalized spacial score (nSPS) is 14.1. The van der Waals surface area contributed by atoms with Crippen molar-refractivity contribution in [3.05, 3.63) is 34.3 Å². The Morgan fingerprint density at radius 2 is 1.82 bits per heavy atom. The van der Waals surface area contributed by atoms with Crippen molar-refractivity contribution in [2.45, 2.75) is 26.2 Å². The number of piperidine rings is 1. The molecule has 0 bridgehead atoms. The van der Waals surface area contributed by atoms with E-state index in [0.29, 0.717) is 57.1 Å². The van der Waals surface area contributed by atoms with E-state index in [0.717, 1.165) is 17.8 Å². The third-order valence-electron chi connectivity index (χ3n) is 5.27. The minimum absolute atomic E-state index is 0.0204. The lowest BCUT2D eigenvalue weighted by Crippen LogP contribution is -2.43. The fourth-order valence-corrected chi connectivity index (χ4v) is 4.12. The number of rotatable bonds is 10. The molecule has 0 spiro atoms. The first-order valence-electron chi connectivity index (χ1n) is 11.0.